The number of hydrogen-bond donors (Lipinski definition) is 2. The molecule has 0 bridgehead atoms. The van der Waals surface area contributed by atoms with Gasteiger partial charge in [0, 0.05) is 13.1 Å². The van der Waals surface area contributed by atoms with Crippen LogP contribution in [-0.4, -0.2) is 6.54 Å². The van der Waals surface area contributed by atoms with E-state index in [1.165, 1.54) is 31.7 Å². The maximum absolute atomic E-state index is 13.3. The Hall–Kier alpha value is -1.09. The summed E-state index contributed by atoms with van der Waals surface area (Å²) in [6, 6.07) is 5.00. The number of anilines is 1. The normalized spacial score (nSPS) is 11.8. The van der Waals surface area contributed by atoms with E-state index in [1.54, 1.807) is 6.07 Å². The smallest absolute Gasteiger partial charge is 0.146 e. The van der Waals surface area contributed by atoms with Crippen molar-refractivity contribution >= 4 is 5.69 Å². The third-order valence-electron chi connectivity index (χ3n) is 3.45. The topological polar surface area (TPSA) is 38.0 Å². The molecule has 0 saturated heterocycles. The zero-order valence-electron chi connectivity index (χ0n) is 12.4. The molecule has 0 heterocycles. The first-order valence-electron chi connectivity index (χ1n) is 7.19. The maximum Gasteiger partial charge on any atom is 0.146 e. The second kappa shape index (κ2) is 7.49. The molecule has 0 aliphatic heterocycles. The van der Waals surface area contributed by atoms with E-state index < -0.39 is 0 Å². The molecule has 0 fully saturated rings. The van der Waals surface area contributed by atoms with Gasteiger partial charge in [-0.15, -0.1) is 0 Å². The molecule has 0 aliphatic rings. The Labute approximate surface area is 116 Å². The van der Waals surface area contributed by atoms with E-state index in [-0.39, 0.29) is 11.5 Å². The third-order valence-corrected chi connectivity index (χ3v) is 3.45. The van der Waals surface area contributed by atoms with Crippen molar-refractivity contribution in [2.75, 3.05) is 12.3 Å². The number of benzene rings is 1. The average molecular weight is 266 g/mol. The second-order valence-corrected chi connectivity index (χ2v) is 6.08. The number of nitrogens with one attached hydrogen (secondary N) is 1. The van der Waals surface area contributed by atoms with Crippen molar-refractivity contribution < 1.29 is 4.39 Å². The van der Waals surface area contributed by atoms with E-state index in [0.717, 1.165) is 12.1 Å². The van der Waals surface area contributed by atoms with Crippen molar-refractivity contribution in [3.05, 3.63) is 29.6 Å². The highest BCUT2D eigenvalue weighted by molar-refractivity contribution is 5.41. The van der Waals surface area contributed by atoms with E-state index in [0.29, 0.717) is 12.0 Å². The number of halogens is 1. The second-order valence-electron chi connectivity index (χ2n) is 6.08. The van der Waals surface area contributed by atoms with Crippen LogP contribution in [0.5, 0.6) is 0 Å². The van der Waals surface area contributed by atoms with Gasteiger partial charge in [0.25, 0.3) is 0 Å². The van der Waals surface area contributed by atoms with Gasteiger partial charge in [-0.1, -0.05) is 46.1 Å². The quantitative estimate of drug-likeness (QED) is 0.549. The number of rotatable bonds is 8. The average Bonchev–Trinajstić information content (AvgIpc) is 2.34. The van der Waals surface area contributed by atoms with Gasteiger partial charge >= 0.3 is 0 Å². The van der Waals surface area contributed by atoms with Gasteiger partial charge in [-0.25, -0.2) is 4.39 Å². The Balaban J connectivity index is 2.34. The molecule has 0 amide bonds. The van der Waals surface area contributed by atoms with Crippen LogP contribution in [0.25, 0.3) is 0 Å². The fraction of sp³-hybridized carbons (Fsp3) is 0.625. The monoisotopic (exact) mass is 266 g/mol. The van der Waals surface area contributed by atoms with Crippen LogP contribution in [0, 0.1) is 11.2 Å². The summed E-state index contributed by atoms with van der Waals surface area (Å²) in [6.45, 7) is 8.41. The molecule has 0 saturated carbocycles. The molecule has 1 aromatic carbocycles. The first-order chi connectivity index (χ1) is 8.94. The largest absolute Gasteiger partial charge is 0.396 e. The lowest BCUT2D eigenvalue weighted by Crippen LogP contribution is -2.29. The summed E-state index contributed by atoms with van der Waals surface area (Å²) >= 11 is 0. The number of hydrogen-bond acceptors (Lipinski definition) is 2. The first-order valence-corrected chi connectivity index (χ1v) is 7.19. The van der Waals surface area contributed by atoms with Crippen molar-refractivity contribution in [2.24, 2.45) is 5.41 Å². The van der Waals surface area contributed by atoms with Gasteiger partial charge in [-0.05, 0) is 29.5 Å². The molecule has 1 aromatic rings. The van der Waals surface area contributed by atoms with Gasteiger partial charge in [0.1, 0.15) is 5.82 Å². The molecule has 0 radical (unpaired) electrons. The standard InChI is InChI=1S/C16H27FN2/c1-4-5-6-9-16(2,3)12-19-11-13-7-8-15(18)14(17)10-13/h7-8,10,19H,4-6,9,11-12,18H2,1-3H3. The molecule has 3 heteroatoms. The van der Waals surface area contributed by atoms with Gasteiger partial charge in [0.15, 0.2) is 0 Å². The van der Waals surface area contributed by atoms with Gasteiger partial charge in [0.05, 0.1) is 5.69 Å². The maximum atomic E-state index is 13.3. The molecule has 0 aromatic heterocycles. The SMILES string of the molecule is CCCCCC(C)(C)CNCc1ccc(N)c(F)c1. The molecule has 19 heavy (non-hydrogen) atoms. The molecular weight excluding hydrogens is 239 g/mol. The molecule has 3 N–H and O–H groups in total. The molecule has 1 rings (SSSR count). The fourth-order valence-electron chi connectivity index (χ4n) is 2.17. The first kappa shape index (κ1) is 16.0. The van der Waals surface area contributed by atoms with E-state index in [9.17, 15) is 4.39 Å². The highest BCUT2D eigenvalue weighted by Gasteiger charge is 2.16. The van der Waals surface area contributed by atoms with Gasteiger partial charge in [0.2, 0.25) is 0 Å². The Bertz CT molecular complexity index is 388. The molecule has 0 spiro atoms. The molecule has 0 aliphatic carbocycles. The zero-order valence-corrected chi connectivity index (χ0v) is 12.4. The predicted molar refractivity (Wildman–Crippen MR) is 80.4 cm³/mol. The van der Waals surface area contributed by atoms with Crippen molar-refractivity contribution in [1.82, 2.24) is 5.32 Å². The Morgan fingerprint density at radius 1 is 1.26 bits per heavy atom. The minimum absolute atomic E-state index is 0.212. The predicted octanol–water partition coefficient (Wildman–Crippen LogP) is 4.10. The van der Waals surface area contributed by atoms with Crippen LogP contribution in [0.3, 0.4) is 0 Å². The van der Waals surface area contributed by atoms with E-state index in [1.807, 2.05) is 6.07 Å². The van der Waals surface area contributed by atoms with Crippen LogP contribution in [0.1, 0.15) is 52.0 Å². The summed E-state index contributed by atoms with van der Waals surface area (Å²) in [6.07, 6.45) is 5.06. The number of unbranched alkanes of at least 4 members (excludes halogenated alkanes) is 2. The molecule has 0 atom stereocenters. The van der Waals surface area contributed by atoms with E-state index in [4.69, 9.17) is 5.73 Å². The van der Waals surface area contributed by atoms with Crippen LogP contribution < -0.4 is 11.1 Å². The Morgan fingerprint density at radius 3 is 2.63 bits per heavy atom. The minimum atomic E-state index is -0.332. The van der Waals surface area contributed by atoms with Crippen LogP contribution in [0.4, 0.5) is 10.1 Å². The fourth-order valence-corrected chi connectivity index (χ4v) is 2.17. The van der Waals surface area contributed by atoms with Gasteiger partial charge < -0.3 is 11.1 Å². The summed E-state index contributed by atoms with van der Waals surface area (Å²) in [5, 5.41) is 3.41. The van der Waals surface area contributed by atoms with E-state index in [2.05, 4.69) is 26.1 Å². The lowest BCUT2D eigenvalue weighted by atomic mass is 9.87. The van der Waals surface area contributed by atoms with Crippen LogP contribution >= 0.6 is 0 Å². The highest BCUT2D eigenvalue weighted by atomic mass is 19.1. The van der Waals surface area contributed by atoms with Crippen molar-refractivity contribution in [2.45, 2.75) is 53.0 Å². The molecule has 0 unspecified atom stereocenters. The molecule has 2 nitrogen and oxygen atoms in total. The Kier molecular flexibility index (Phi) is 6.29. The Morgan fingerprint density at radius 2 is 2.00 bits per heavy atom. The number of nitrogens with two attached hydrogens (primary N) is 1. The van der Waals surface area contributed by atoms with Crippen molar-refractivity contribution in [3.8, 4) is 0 Å². The zero-order chi connectivity index (χ0) is 14.3. The highest BCUT2D eigenvalue weighted by Crippen LogP contribution is 2.22. The summed E-state index contributed by atoms with van der Waals surface area (Å²) in [5.74, 6) is -0.332. The van der Waals surface area contributed by atoms with Gasteiger partial charge in [-0.3, -0.25) is 0 Å². The lowest BCUT2D eigenvalue weighted by molar-refractivity contribution is 0.302. The number of nitrogen functional groups attached to an aromatic ring is 1. The van der Waals surface area contributed by atoms with E-state index >= 15 is 0 Å². The van der Waals surface area contributed by atoms with Crippen LogP contribution in [0.2, 0.25) is 0 Å². The lowest BCUT2D eigenvalue weighted by Gasteiger charge is -2.25. The summed E-state index contributed by atoms with van der Waals surface area (Å²) < 4.78 is 13.3. The van der Waals surface area contributed by atoms with Crippen LogP contribution in [-0.2, 0) is 6.54 Å². The summed E-state index contributed by atoms with van der Waals surface area (Å²) in [4.78, 5) is 0. The third kappa shape index (κ3) is 6.06. The van der Waals surface area contributed by atoms with Crippen LogP contribution in [0.15, 0.2) is 18.2 Å². The summed E-state index contributed by atoms with van der Waals surface area (Å²) in [7, 11) is 0. The van der Waals surface area contributed by atoms with Gasteiger partial charge in [-0.2, -0.15) is 0 Å². The van der Waals surface area contributed by atoms with Crippen molar-refractivity contribution in [3.63, 3.8) is 0 Å². The molecular formula is C16H27FN2. The minimum Gasteiger partial charge on any atom is -0.396 e. The van der Waals surface area contributed by atoms with Crippen molar-refractivity contribution in [1.29, 1.82) is 0 Å². The molecule has 108 valence electrons. The summed E-state index contributed by atoms with van der Waals surface area (Å²) in [5.41, 5.74) is 6.90.